The van der Waals surface area contributed by atoms with Gasteiger partial charge in [0.1, 0.15) is 0 Å². The Balaban J connectivity index is 1.97. The molecule has 98 valence electrons. The smallest absolute Gasteiger partial charge is 0.310 e. The van der Waals surface area contributed by atoms with Gasteiger partial charge >= 0.3 is 5.97 Å². The lowest BCUT2D eigenvalue weighted by Crippen LogP contribution is -2.34. The van der Waals surface area contributed by atoms with E-state index in [1.165, 1.54) is 0 Å². The van der Waals surface area contributed by atoms with Crippen LogP contribution in [0.4, 0.5) is 0 Å². The zero-order chi connectivity index (χ0) is 13.0. The highest BCUT2D eigenvalue weighted by Gasteiger charge is 2.50. The summed E-state index contributed by atoms with van der Waals surface area (Å²) in [4.78, 5) is 11.1. The number of aliphatic carboxylic acids is 1. The zero-order valence-electron chi connectivity index (χ0n) is 10.6. The van der Waals surface area contributed by atoms with Gasteiger partial charge in [-0.2, -0.15) is 0 Å². The average Bonchev–Trinajstić information content (AvgIpc) is 3.17. The summed E-state index contributed by atoms with van der Waals surface area (Å²) in [7, 11) is 1.65. The molecule has 1 aliphatic carbocycles. The van der Waals surface area contributed by atoms with Crippen molar-refractivity contribution in [3.05, 3.63) is 35.9 Å². The number of nitrogens with one attached hydrogen (secondary N) is 1. The first-order valence-corrected chi connectivity index (χ1v) is 6.19. The van der Waals surface area contributed by atoms with Crippen LogP contribution in [0.15, 0.2) is 30.3 Å². The molecule has 0 amide bonds. The molecule has 0 aliphatic heterocycles. The second-order valence-electron chi connectivity index (χ2n) is 4.88. The number of ether oxygens (including phenoxy) is 1. The largest absolute Gasteiger partial charge is 0.481 e. The molecular weight excluding hydrogens is 230 g/mol. The van der Waals surface area contributed by atoms with Gasteiger partial charge in [0.25, 0.3) is 0 Å². The quantitative estimate of drug-likeness (QED) is 0.774. The summed E-state index contributed by atoms with van der Waals surface area (Å²) in [5.41, 5.74) is 0.585. The Morgan fingerprint density at radius 1 is 1.44 bits per heavy atom. The average molecular weight is 249 g/mol. The molecule has 18 heavy (non-hydrogen) atoms. The second kappa shape index (κ2) is 5.50. The molecule has 4 nitrogen and oxygen atoms in total. The lowest BCUT2D eigenvalue weighted by Gasteiger charge is -2.20. The van der Waals surface area contributed by atoms with Crippen LogP contribution in [0.1, 0.15) is 24.4 Å². The summed E-state index contributed by atoms with van der Waals surface area (Å²) in [5.74, 6) is -0.695. The first-order chi connectivity index (χ1) is 8.68. The second-order valence-corrected chi connectivity index (χ2v) is 4.88. The van der Waals surface area contributed by atoms with Gasteiger partial charge in [0, 0.05) is 13.7 Å². The van der Waals surface area contributed by atoms with Crippen molar-refractivity contribution in [3.8, 4) is 0 Å². The minimum Gasteiger partial charge on any atom is -0.481 e. The number of hydrogen-bond donors (Lipinski definition) is 2. The normalized spacial score (nSPS) is 18.3. The van der Waals surface area contributed by atoms with E-state index in [9.17, 15) is 4.79 Å². The van der Waals surface area contributed by atoms with E-state index in [0.29, 0.717) is 13.2 Å². The van der Waals surface area contributed by atoms with Gasteiger partial charge in [-0.1, -0.05) is 30.3 Å². The van der Waals surface area contributed by atoms with E-state index in [-0.39, 0.29) is 6.04 Å². The van der Waals surface area contributed by atoms with Crippen molar-refractivity contribution >= 4 is 5.97 Å². The van der Waals surface area contributed by atoms with Crippen LogP contribution in [0.2, 0.25) is 0 Å². The number of carboxylic acids is 1. The van der Waals surface area contributed by atoms with Crippen LogP contribution in [-0.4, -0.2) is 31.3 Å². The highest BCUT2D eigenvalue weighted by molar-refractivity contribution is 5.78. The Labute approximate surface area is 107 Å². The van der Waals surface area contributed by atoms with E-state index in [2.05, 4.69) is 5.32 Å². The van der Waals surface area contributed by atoms with Crippen molar-refractivity contribution in [2.24, 2.45) is 5.41 Å². The zero-order valence-corrected chi connectivity index (χ0v) is 10.6. The fourth-order valence-electron chi connectivity index (χ4n) is 2.06. The maximum Gasteiger partial charge on any atom is 0.310 e. The predicted octanol–water partition coefficient (Wildman–Crippen LogP) is 1.83. The highest BCUT2D eigenvalue weighted by Crippen LogP contribution is 2.45. The SMILES string of the molecule is COCC(NCC1(C(=O)O)CC1)c1ccccc1. The lowest BCUT2D eigenvalue weighted by molar-refractivity contribution is -0.143. The summed E-state index contributed by atoms with van der Waals surface area (Å²) in [6.45, 7) is 1.05. The first kappa shape index (κ1) is 13.1. The van der Waals surface area contributed by atoms with E-state index < -0.39 is 11.4 Å². The molecule has 1 unspecified atom stereocenters. The van der Waals surface area contributed by atoms with Crippen LogP contribution in [0.25, 0.3) is 0 Å². The molecule has 1 aliphatic rings. The van der Waals surface area contributed by atoms with Crippen LogP contribution >= 0.6 is 0 Å². The number of carboxylic acid groups (broad SMARTS) is 1. The monoisotopic (exact) mass is 249 g/mol. The van der Waals surface area contributed by atoms with Gasteiger partial charge in [0.05, 0.1) is 18.1 Å². The molecule has 4 heteroatoms. The van der Waals surface area contributed by atoms with E-state index in [1.807, 2.05) is 30.3 Å². The summed E-state index contributed by atoms with van der Waals surface area (Å²) < 4.78 is 5.19. The lowest BCUT2D eigenvalue weighted by atomic mass is 10.0. The summed E-state index contributed by atoms with van der Waals surface area (Å²) >= 11 is 0. The third-order valence-electron chi connectivity index (χ3n) is 3.53. The number of hydrogen-bond acceptors (Lipinski definition) is 3. The summed E-state index contributed by atoms with van der Waals surface area (Å²) in [6.07, 6.45) is 1.54. The molecule has 2 rings (SSSR count). The molecule has 0 heterocycles. The Bertz CT molecular complexity index is 401. The minimum absolute atomic E-state index is 0.0491. The number of rotatable bonds is 7. The van der Waals surface area contributed by atoms with Crippen LogP contribution in [0.5, 0.6) is 0 Å². The Morgan fingerprint density at radius 2 is 2.11 bits per heavy atom. The molecule has 1 fully saturated rings. The van der Waals surface area contributed by atoms with Crippen LogP contribution in [-0.2, 0) is 9.53 Å². The molecule has 1 aromatic rings. The molecule has 1 aromatic carbocycles. The molecule has 0 bridgehead atoms. The fraction of sp³-hybridized carbons (Fsp3) is 0.500. The number of benzene rings is 1. The Kier molecular flexibility index (Phi) is 3.99. The fourth-order valence-corrected chi connectivity index (χ4v) is 2.06. The molecule has 0 spiro atoms. The van der Waals surface area contributed by atoms with E-state index in [1.54, 1.807) is 7.11 Å². The molecule has 0 saturated heterocycles. The van der Waals surface area contributed by atoms with Gasteiger partial charge in [-0.3, -0.25) is 4.79 Å². The highest BCUT2D eigenvalue weighted by atomic mass is 16.5. The predicted molar refractivity (Wildman–Crippen MR) is 68.4 cm³/mol. The standard InChI is InChI=1S/C14H19NO3/c1-18-9-12(11-5-3-2-4-6-11)15-10-14(7-8-14)13(16)17/h2-6,12,15H,7-10H2,1H3,(H,16,17). The number of carbonyl (C=O) groups is 1. The summed E-state index contributed by atoms with van der Waals surface area (Å²) in [5, 5.41) is 12.5. The minimum atomic E-state index is -0.695. The van der Waals surface area contributed by atoms with Crippen molar-refractivity contribution in [2.75, 3.05) is 20.3 Å². The van der Waals surface area contributed by atoms with Gasteiger partial charge in [0.15, 0.2) is 0 Å². The van der Waals surface area contributed by atoms with Crippen molar-refractivity contribution in [3.63, 3.8) is 0 Å². The van der Waals surface area contributed by atoms with Gasteiger partial charge in [-0.15, -0.1) is 0 Å². The molecule has 1 atom stereocenters. The van der Waals surface area contributed by atoms with Crippen LogP contribution in [0, 0.1) is 5.41 Å². The maximum atomic E-state index is 11.1. The molecular formula is C14H19NO3. The van der Waals surface area contributed by atoms with E-state index in [4.69, 9.17) is 9.84 Å². The van der Waals surface area contributed by atoms with E-state index >= 15 is 0 Å². The third-order valence-corrected chi connectivity index (χ3v) is 3.53. The van der Waals surface area contributed by atoms with Crippen molar-refractivity contribution in [1.29, 1.82) is 0 Å². The van der Waals surface area contributed by atoms with Crippen molar-refractivity contribution < 1.29 is 14.6 Å². The van der Waals surface area contributed by atoms with Crippen LogP contribution in [0.3, 0.4) is 0 Å². The number of methoxy groups -OCH3 is 1. The molecule has 1 saturated carbocycles. The Hall–Kier alpha value is -1.39. The summed E-state index contributed by atoms with van der Waals surface area (Å²) in [6, 6.07) is 10.0. The Morgan fingerprint density at radius 3 is 2.61 bits per heavy atom. The van der Waals surface area contributed by atoms with Gasteiger partial charge in [-0.25, -0.2) is 0 Å². The third kappa shape index (κ3) is 2.89. The van der Waals surface area contributed by atoms with Gasteiger partial charge < -0.3 is 15.2 Å². The van der Waals surface area contributed by atoms with Crippen LogP contribution < -0.4 is 5.32 Å². The molecule has 0 radical (unpaired) electrons. The topological polar surface area (TPSA) is 58.6 Å². The van der Waals surface area contributed by atoms with E-state index in [0.717, 1.165) is 18.4 Å². The van der Waals surface area contributed by atoms with Crippen molar-refractivity contribution in [1.82, 2.24) is 5.32 Å². The molecule has 2 N–H and O–H groups in total. The molecule has 0 aromatic heterocycles. The first-order valence-electron chi connectivity index (χ1n) is 6.19. The van der Waals surface area contributed by atoms with Gasteiger partial charge in [0.2, 0.25) is 0 Å². The van der Waals surface area contributed by atoms with Gasteiger partial charge in [-0.05, 0) is 18.4 Å². The maximum absolute atomic E-state index is 11.1. The van der Waals surface area contributed by atoms with Crippen molar-refractivity contribution in [2.45, 2.75) is 18.9 Å².